The summed E-state index contributed by atoms with van der Waals surface area (Å²) in [6.45, 7) is 9.37. The van der Waals surface area contributed by atoms with E-state index in [-0.39, 0.29) is 10.8 Å². The summed E-state index contributed by atoms with van der Waals surface area (Å²) in [5.41, 5.74) is 12.9. The summed E-state index contributed by atoms with van der Waals surface area (Å²) in [6.07, 6.45) is 3.78. The Hall–Kier alpha value is -5.22. The molecule has 0 fully saturated rings. The molecule has 0 N–H and O–H groups in total. The first-order valence-electron chi connectivity index (χ1n) is 15.3. The molecule has 3 aromatic heterocycles. The molecular weight excluding hydrogens is 536 g/mol. The maximum Gasteiger partial charge on any atom is 0.141 e. The van der Waals surface area contributed by atoms with Crippen LogP contribution >= 0.6 is 0 Å². The van der Waals surface area contributed by atoms with E-state index in [0.29, 0.717) is 0 Å². The molecule has 0 amide bonds. The molecule has 7 aromatic rings. The number of nitrogens with zero attached hydrogens (tertiary/aromatic N) is 4. The van der Waals surface area contributed by atoms with Gasteiger partial charge < -0.3 is 4.90 Å². The molecule has 0 atom stereocenters. The number of rotatable bonds is 2. The van der Waals surface area contributed by atoms with Gasteiger partial charge in [-0.25, -0.2) is 4.98 Å². The number of benzene rings is 4. The van der Waals surface area contributed by atoms with Crippen LogP contribution in [0.4, 0.5) is 17.1 Å². The lowest BCUT2D eigenvalue weighted by molar-refractivity contribution is 0.624. The Balaban J connectivity index is 1.39. The third-order valence-corrected chi connectivity index (χ3v) is 10.0. The van der Waals surface area contributed by atoms with Crippen LogP contribution in [-0.2, 0) is 10.8 Å². The second-order valence-electron chi connectivity index (χ2n) is 13.2. The van der Waals surface area contributed by atoms with Crippen molar-refractivity contribution in [2.24, 2.45) is 0 Å². The maximum absolute atomic E-state index is 5.00. The summed E-state index contributed by atoms with van der Waals surface area (Å²) in [5.74, 6) is 1.02. The van der Waals surface area contributed by atoms with Crippen LogP contribution in [0.15, 0.2) is 122 Å². The summed E-state index contributed by atoms with van der Waals surface area (Å²) in [4.78, 5) is 12.1. The molecule has 0 bridgehead atoms. The third-order valence-electron chi connectivity index (χ3n) is 10.0. The fraction of sp³-hybridized carbons (Fsp3) is 0.150. The molecule has 0 saturated carbocycles. The molecule has 0 saturated heterocycles. The number of fused-ring (bicyclic) bond motifs is 7. The van der Waals surface area contributed by atoms with Crippen LogP contribution in [-0.4, -0.2) is 14.5 Å². The molecule has 4 aromatic carbocycles. The van der Waals surface area contributed by atoms with E-state index in [0.717, 1.165) is 22.8 Å². The van der Waals surface area contributed by atoms with Crippen molar-refractivity contribution in [1.82, 2.24) is 14.5 Å². The molecule has 2 aliphatic heterocycles. The Morgan fingerprint density at radius 1 is 0.545 bits per heavy atom. The Labute approximate surface area is 257 Å². The summed E-state index contributed by atoms with van der Waals surface area (Å²) in [6, 6.07) is 39.7. The molecule has 44 heavy (non-hydrogen) atoms. The highest BCUT2D eigenvalue weighted by Gasteiger charge is 2.40. The first kappa shape index (κ1) is 25.3. The lowest BCUT2D eigenvalue weighted by Crippen LogP contribution is -2.30. The zero-order valence-corrected chi connectivity index (χ0v) is 25.3. The minimum Gasteiger partial charge on any atom is -0.310 e. The van der Waals surface area contributed by atoms with Crippen LogP contribution < -0.4 is 4.90 Å². The van der Waals surface area contributed by atoms with Crippen LogP contribution in [0.3, 0.4) is 0 Å². The minimum atomic E-state index is -0.198. The number of hydrogen-bond donors (Lipinski definition) is 0. The van der Waals surface area contributed by atoms with E-state index in [1.807, 2.05) is 24.5 Å². The molecule has 2 aliphatic rings. The quantitative estimate of drug-likeness (QED) is 0.208. The second kappa shape index (κ2) is 8.67. The Bertz CT molecular complexity index is 2290. The molecule has 0 spiro atoms. The largest absolute Gasteiger partial charge is 0.310 e. The lowest BCUT2D eigenvalue weighted by atomic mass is 9.73. The number of pyridine rings is 2. The normalized spacial score (nSPS) is 15.6. The van der Waals surface area contributed by atoms with Gasteiger partial charge in [0.15, 0.2) is 0 Å². The molecule has 0 radical (unpaired) electrons. The Morgan fingerprint density at radius 3 is 2.16 bits per heavy atom. The molecule has 212 valence electrons. The van der Waals surface area contributed by atoms with Gasteiger partial charge in [0.1, 0.15) is 5.82 Å². The Morgan fingerprint density at radius 2 is 1.30 bits per heavy atom. The van der Waals surface area contributed by atoms with E-state index in [1.165, 1.54) is 55.4 Å². The van der Waals surface area contributed by atoms with Crippen LogP contribution in [0.1, 0.15) is 49.9 Å². The van der Waals surface area contributed by atoms with Crippen LogP contribution in [0, 0.1) is 0 Å². The highest BCUT2D eigenvalue weighted by molar-refractivity contribution is 6.13. The van der Waals surface area contributed by atoms with Crippen molar-refractivity contribution >= 4 is 38.9 Å². The van der Waals surface area contributed by atoms with Crippen LogP contribution in [0.5, 0.6) is 0 Å². The molecule has 9 rings (SSSR count). The highest BCUT2D eigenvalue weighted by atomic mass is 15.2. The predicted octanol–water partition coefficient (Wildman–Crippen LogP) is 9.99. The van der Waals surface area contributed by atoms with Gasteiger partial charge in [-0.15, -0.1) is 0 Å². The minimum absolute atomic E-state index is 0.152. The highest BCUT2D eigenvalue weighted by Crippen LogP contribution is 2.55. The van der Waals surface area contributed by atoms with E-state index in [4.69, 9.17) is 4.98 Å². The fourth-order valence-corrected chi connectivity index (χ4v) is 7.81. The van der Waals surface area contributed by atoms with Crippen molar-refractivity contribution in [3.8, 4) is 17.1 Å². The second-order valence-corrected chi connectivity index (χ2v) is 13.2. The van der Waals surface area contributed by atoms with E-state index >= 15 is 0 Å². The molecule has 4 nitrogen and oxygen atoms in total. The smallest absolute Gasteiger partial charge is 0.141 e. The zero-order chi connectivity index (χ0) is 29.8. The van der Waals surface area contributed by atoms with Gasteiger partial charge in [0.05, 0.1) is 28.1 Å². The van der Waals surface area contributed by atoms with Gasteiger partial charge in [0.25, 0.3) is 0 Å². The maximum atomic E-state index is 5.00. The summed E-state index contributed by atoms with van der Waals surface area (Å²) >= 11 is 0. The molecule has 0 unspecified atom stereocenters. The average molecular weight is 569 g/mol. The van der Waals surface area contributed by atoms with Gasteiger partial charge in [-0.3, -0.25) is 9.55 Å². The molecule has 0 aliphatic carbocycles. The van der Waals surface area contributed by atoms with Gasteiger partial charge in [0.2, 0.25) is 0 Å². The number of hydrogen-bond acceptors (Lipinski definition) is 3. The first-order valence-corrected chi connectivity index (χ1v) is 15.3. The number of aromatic nitrogens is 3. The Kier molecular flexibility index (Phi) is 4.98. The topological polar surface area (TPSA) is 34.0 Å². The van der Waals surface area contributed by atoms with Crippen LogP contribution in [0.2, 0.25) is 0 Å². The average Bonchev–Trinajstić information content (AvgIpc) is 3.38. The van der Waals surface area contributed by atoms with Gasteiger partial charge in [-0.05, 0) is 65.2 Å². The molecule has 5 heterocycles. The molecule has 4 heteroatoms. The standard InChI is InChI=1S/C40H32N4/c1-39(2)29-15-5-6-19-34(29)43(26-13-9-12-25(22-26)33-18-7-8-20-41-33)36-24-35-28(23-32(36)39)27-14-10-16-30-37(27)44(35)38-31(40(30,3)4)17-11-21-42-38/h5-24H,1-4H3. The summed E-state index contributed by atoms with van der Waals surface area (Å²) in [7, 11) is 0. The van der Waals surface area contributed by atoms with Crippen molar-refractivity contribution in [1.29, 1.82) is 0 Å². The number of para-hydroxylation sites is 2. The van der Waals surface area contributed by atoms with Crippen molar-refractivity contribution < 1.29 is 0 Å². The van der Waals surface area contributed by atoms with Gasteiger partial charge in [0, 0.05) is 50.8 Å². The zero-order valence-electron chi connectivity index (χ0n) is 25.3. The van der Waals surface area contributed by atoms with Crippen LogP contribution in [0.25, 0.3) is 38.9 Å². The summed E-state index contributed by atoms with van der Waals surface area (Å²) < 4.78 is 2.41. The van der Waals surface area contributed by atoms with E-state index < -0.39 is 0 Å². The van der Waals surface area contributed by atoms with E-state index in [2.05, 4.69) is 139 Å². The van der Waals surface area contributed by atoms with Gasteiger partial charge in [-0.1, -0.05) is 88.4 Å². The first-order chi connectivity index (χ1) is 21.4. The third kappa shape index (κ3) is 3.23. The SMILES string of the molecule is CC1(C)c2ccccc2N(c2cccc(-c3ccccn3)c2)c2cc3c(cc21)c1cccc2c1n3-c1ncccc1C2(C)C. The fourth-order valence-electron chi connectivity index (χ4n) is 7.81. The van der Waals surface area contributed by atoms with Crippen molar-refractivity contribution in [3.05, 3.63) is 144 Å². The van der Waals surface area contributed by atoms with Crippen molar-refractivity contribution in [2.75, 3.05) is 4.90 Å². The summed E-state index contributed by atoms with van der Waals surface area (Å²) in [5, 5.41) is 2.55. The monoisotopic (exact) mass is 568 g/mol. The van der Waals surface area contributed by atoms with Crippen molar-refractivity contribution in [3.63, 3.8) is 0 Å². The number of anilines is 3. The van der Waals surface area contributed by atoms with Crippen molar-refractivity contribution in [2.45, 2.75) is 38.5 Å². The predicted molar refractivity (Wildman–Crippen MR) is 181 cm³/mol. The molecular formula is C40H32N4. The van der Waals surface area contributed by atoms with E-state index in [1.54, 1.807) is 0 Å². The lowest BCUT2D eigenvalue weighted by Gasteiger charge is -2.42. The van der Waals surface area contributed by atoms with E-state index in [9.17, 15) is 0 Å². The van der Waals surface area contributed by atoms with Gasteiger partial charge >= 0.3 is 0 Å². The van der Waals surface area contributed by atoms with Gasteiger partial charge in [-0.2, -0.15) is 0 Å².